The zero-order valence-electron chi connectivity index (χ0n) is 17.4. The van der Waals surface area contributed by atoms with Crippen molar-refractivity contribution in [3.8, 4) is 5.75 Å². The summed E-state index contributed by atoms with van der Waals surface area (Å²) in [6, 6.07) is 10.7. The van der Waals surface area contributed by atoms with E-state index >= 15 is 0 Å². The van der Waals surface area contributed by atoms with E-state index in [-0.39, 0.29) is 17.1 Å². The molecule has 2 rings (SSSR count). The monoisotopic (exact) mass is 415 g/mol. The summed E-state index contributed by atoms with van der Waals surface area (Å²) in [6.45, 7) is 7.20. The number of nitrogens with zero attached hydrogens (tertiary/aromatic N) is 2. The van der Waals surface area contributed by atoms with Crippen LogP contribution in [0.2, 0.25) is 0 Å². The lowest BCUT2D eigenvalue weighted by Gasteiger charge is -2.21. The van der Waals surface area contributed by atoms with Crippen molar-refractivity contribution in [2.75, 3.05) is 30.4 Å². The Labute approximate surface area is 174 Å². The number of nitro groups is 1. The molecular weight excluding hydrogens is 390 g/mol. The van der Waals surface area contributed by atoms with Crippen LogP contribution in [0.25, 0.3) is 0 Å². The van der Waals surface area contributed by atoms with Crippen molar-refractivity contribution in [2.45, 2.75) is 26.9 Å². The molecule has 1 atom stereocenters. The lowest BCUT2D eigenvalue weighted by Crippen LogP contribution is -2.30. The summed E-state index contributed by atoms with van der Waals surface area (Å²) >= 11 is 0. The Morgan fingerprint density at radius 1 is 1.13 bits per heavy atom. The molecule has 1 amide bonds. The molecule has 0 unspecified atom stereocenters. The predicted octanol–water partition coefficient (Wildman–Crippen LogP) is 3.63. The van der Waals surface area contributed by atoms with Crippen LogP contribution in [0.1, 0.15) is 31.1 Å². The first kappa shape index (κ1) is 22.7. The topological polar surface area (TPSA) is 111 Å². The second kappa shape index (κ2) is 10.2. The summed E-state index contributed by atoms with van der Waals surface area (Å²) in [5, 5.41) is 13.5. The molecule has 0 heterocycles. The number of carbonyl (C=O) groups excluding carboxylic acids is 2. The van der Waals surface area contributed by atoms with Gasteiger partial charge in [-0.25, -0.2) is 4.79 Å². The fourth-order valence-electron chi connectivity index (χ4n) is 2.82. The third-order valence-electron chi connectivity index (χ3n) is 4.54. The van der Waals surface area contributed by atoms with E-state index in [1.54, 1.807) is 12.1 Å². The molecule has 0 aliphatic rings. The van der Waals surface area contributed by atoms with Gasteiger partial charge in [-0.15, -0.1) is 0 Å². The summed E-state index contributed by atoms with van der Waals surface area (Å²) in [5.74, 6) is -1.03. The molecule has 0 saturated carbocycles. The number of nitro benzene ring substituents is 1. The Morgan fingerprint density at radius 2 is 1.77 bits per heavy atom. The normalized spacial score (nSPS) is 11.3. The van der Waals surface area contributed by atoms with E-state index in [0.717, 1.165) is 18.8 Å². The molecule has 0 spiro atoms. The first-order chi connectivity index (χ1) is 14.3. The highest BCUT2D eigenvalue weighted by Crippen LogP contribution is 2.29. The number of carbonyl (C=O) groups is 2. The summed E-state index contributed by atoms with van der Waals surface area (Å²) in [6.07, 6.45) is -1.12. The number of hydrogen-bond donors (Lipinski definition) is 1. The maximum atomic E-state index is 12.4. The van der Waals surface area contributed by atoms with Gasteiger partial charge in [0.2, 0.25) is 0 Å². The number of amides is 1. The quantitative estimate of drug-likeness (QED) is 0.378. The van der Waals surface area contributed by atoms with Crippen LogP contribution in [-0.2, 0) is 9.53 Å². The molecule has 9 nitrogen and oxygen atoms in total. The lowest BCUT2D eigenvalue weighted by molar-refractivity contribution is -0.384. The molecule has 0 bridgehead atoms. The van der Waals surface area contributed by atoms with Crippen molar-refractivity contribution in [1.29, 1.82) is 0 Å². The number of hydrogen-bond acceptors (Lipinski definition) is 7. The number of nitrogens with one attached hydrogen (secondary N) is 1. The van der Waals surface area contributed by atoms with E-state index in [1.807, 2.05) is 26.0 Å². The standard InChI is InChI=1S/C21H25N3O6/c1-5-23(6-2)16-9-7-15(8-10-16)21(26)30-14(3)20(25)22-18-13-17(24(27)28)11-12-19(18)29-4/h7-14H,5-6H2,1-4H3,(H,22,25)/t14-/m0/s1. The molecule has 2 aromatic rings. The van der Waals surface area contributed by atoms with Crippen molar-refractivity contribution < 1.29 is 24.0 Å². The Hall–Kier alpha value is -3.62. The second-order valence-electron chi connectivity index (χ2n) is 6.40. The fraction of sp³-hybridized carbons (Fsp3) is 0.333. The van der Waals surface area contributed by atoms with Crippen molar-refractivity contribution in [3.63, 3.8) is 0 Å². The highest BCUT2D eigenvalue weighted by Gasteiger charge is 2.21. The summed E-state index contributed by atoms with van der Waals surface area (Å²) in [7, 11) is 1.38. The lowest BCUT2D eigenvalue weighted by atomic mass is 10.2. The smallest absolute Gasteiger partial charge is 0.338 e. The van der Waals surface area contributed by atoms with Gasteiger partial charge in [-0.2, -0.15) is 0 Å². The molecule has 1 N–H and O–H groups in total. The SMILES string of the molecule is CCN(CC)c1ccc(C(=O)O[C@@H](C)C(=O)Nc2cc([N+](=O)[O-])ccc2OC)cc1. The molecule has 160 valence electrons. The van der Waals surface area contributed by atoms with Crippen LogP contribution in [0.15, 0.2) is 42.5 Å². The largest absolute Gasteiger partial charge is 0.495 e. The Morgan fingerprint density at radius 3 is 2.30 bits per heavy atom. The summed E-state index contributed by atoms with van der Waals surface area (Å²) in [4.78, 5) is 37.3. The highest BCUT2D eigenvalue weighted by atomic mass is 16.6. The van der Waals surface area contributed by atoms with Crippen LogP contribution in [0.3, 0.4) is 0 Å². The summed E-state index contributed by atoms with van der Waals surface area (Å²) < 4.78 is 10.3. The molecular formula is C21H25N3O6. The van der Waals surface area contributed by atoms with Crippen LogP contribution in [0, 0.1) is 10.1 Å². The third-order valence-corrected chi connectivity index (χ3v) is 4.54. The van der Waals surface area contributed by atoms with E-state index in [4.69, 9.17) is 9.47 Å². The number of esters is 1. The van der Waals surface area contributed by atoms with Gasteiger partial charge >= 0.3 is 5.97 Å². The number of benzene rings is 2. The van der Waals surface area contributed by atoms with E-state index in [0.29, 0.717) is 5.56 Å². The molecule has 0 radical (unpaired) electrons. The average molecular weight is 415 g/mol. The zero-order chi connectivity index (χ0) is 22.3. The molecule has 0 aliphatic heterocycles. The van der Waals surface area contributed by atoms with Gasteiger partial charge in [-0.1, -0.05) is 0 Å². The van der Waals surface area contributed by atoms with Gasteiger partial charge in [0.15, 0.2) is 6.10 Å². The minimum atomic E-state index is -1.12. The number of methoxy groups -OCH3 is 1. The molecule has 0 fully saturated rings. The first-order valence-corrected chi connectivity index (χ1v) is 9.49. The van der Waals surface area contributed by atoms with Crippen LogP contribution >= 0.6 is 0 Å². The van der Waals surface area contributed by atoms with Crippen molar-refractivity contribution >= 4 is 28.9 Å². The van der Waals surface area contributed by atoms with E-state index in [2.05, 4.69) is 10.2 Å². The molecule has 9 heteroatoms. The van der Waals surface area contributed by atoms with Crippen LogP contribution in [-0.4, -0.2) is 43.1 Å². The minimum absolute atomic E-state index is 0.114. The van der Waals surface area contributed by atoms with Gasteiger partial charge in [0.1, 0.15) is 5.75 Å². The minimum Gasteiger partial charge on any atom is -0.495 e. The van der Waals surface area contributed by atoms with Gasteiger partial charge in [0.25, 0.3) is 11.6 Å². The zero-order valence-corrected chi connectivity index (χ0v) is 17.4. The van der Waals surface area contributed by atoms with Crippen LogP contribution < -0.4 is 15.0 Å². The van der Waals surface area contributed by atoms with Crippen LogP contribution in [0.5, 0.6) is 5.75 Å². The highest BCUT2D eigenvalue weighted by molar-refractivity contribution is 5.98. The maximum Gasteiger partial charge on any atom is 0.338 e. The number of non-ortho nitro benzene ring substituents is 1. The van der Waals surface area contributed by atoms with Crippen molar-refractivity contribution in [3.05, 3.63) is 58.1 Å². The van der Waals surface area contributed by atoms with E-state index < -0.39 is 22.9 Å². The Bertz CT molecular complexity index is 909. The van der Waals surface area contributed by atoms with Gasteiger partial charge in [-0.05, 0) is 51.1 Å². The number of anilines is 2. The molecule has 0 aliphatic carbocycles. The Kier molecular flexibility index (Phi) is 7.74. The summed E-state index contributed by atoms with van der Waals surface area (Å²) in [5.41, 5.74) is 1.21. The molecule has 30 heavy (non-hydrogen) atoms. The number of rotatable bonds is 9. The van der Waals surface area contributed by atoms with Crippen molar-refractivity contribution in [2.24, 2.45) is 0 Å². The van der Waals surface area contributed by atoms with Gasteiger partial charge < -0.3 is 19.7 Å². The van der Waals surface area contributed by atoms with E-state index in [1.165, 1.54) is 32.2 Å². The molecule has 0 saturated heterocycles. The molecule has 0 aromatic heterocycles. The first-order valence-electron chi connectivity index (χ1n) is 9.49. The number of ether oxygens (including phenoxy) is 2. The van der Waals surface area contributed by atoms with Gasteiger partial charge in [-0.3, -0.25) is 14.9 Å². The van der Waals surface area contributed by atoms with E-state index in [9.17, 15) is 19.7 Å². The fourth-order valence-corrected chi connectivity index (χ4v) is 2.82. The van der Waals surface area contributed by atoms with Crippen LogP contribution in [0.4, 0.5) is 17.1 Å². The maximum absolute atomic E-state index is 12.4. The van der Waals surface area contributed by atoms with Gasteiger partial charge in [0, 0.05) is 30.9 Å². The van der Waals surface area contributed by atoms with Gasteiger partial charge in [0.05, 0.1) is 23.3 Å². The second-order valence-corrected chi connectivity index (χ2v) is 6.40. The third kappa shape index (κ3) is 5.47. The van der Waals surface area contributed by atoms with Crippen molar-refractivity contribution in [1.82, 2.24) is 0 Å². The average Bonchev–Trinajstić information content (AvgIpc) is 2.74. The Balaban J connectivity index is 2.06. The predicted molar refractivity (Wildman–Crippen MR) is 113 cm³/mol. The molecule has 2 aromatic carbocycles.